The number of benzene rings is 2. The minimum Gasteiger partial charge on any atom is -0.462 e. The monoisotopic (exact) mass is 523 g/mol. The number of esters is 1. The summed E-state index contributed by atoms with van der Waals surface area (Å²) in [6, 6.07) is 8.33. The molecule has 2 aromatic carbocycles. The highest BCUT2D eigenvalue weighted by Gasteiger charge is 2.38. The lowest BCUT2D eigenvalue weighted by atomic mass is 10.0. The van der Waals surface area contributed by atoms with Crippen molar-refractivity contribution in [3.8, 4) is 11.3 Å². The summed E-state index contributed by atoms with van der Waals surface area (Å²) in [7, 11) is -8.39. The van der Waals surface area contributed by atoms with E-state index in [9.17, 15) is 26.0 Å². The SMILES string of the molecule is CCOC(=O)c1c(-c2ccc(F)cc2)oc2cc(N(S(=O)(=O)CC)S(=O)(=O)CC)c(C3CC3)cc12. The van der Waals surface area contributed by atoms with Gasteiger partial charge in [-0.1, -0.05) is 0 Å². The van der Waals surface area contributed by atoms with Crippen LogP contribution in [-0.4, -0.2) is 40.9 Å². The van der Waals surface area contributed by atoms with E-state index < -0.39 is 43.3 Å². The van der Waals surface area contributed by atoms with Gasteiger partial charge in [-0.2, -0.15) is 3.71 Å². The van der Waals surface area contributed by atoms with Crippen molar-refractivity contribution in [3.05, 3.63) is 53.3 Å². The summed E-state index contributed by atoms with van der Waals surface area (Å²) in [5.41, 5.74) is 1.15. The molecule has 1 heterocycles. The molecule has 0 saturated heterocycles. The van der Waals surface area contributed by atoms with Gasteiger partial charge in [-0.3, -0.25) is 0 Å². The summed E-state index contributed by atoms with van der Waals surface area (Å²) in [5, 5.41) is 0.371. The number of anilines is 1. The Balaban J connectivity index is 2.06. The number of rotatable bonds is 9. The first kappa shape index (κ1) is 25.2. The number of sulfonamides is 2. The maximum Gasteiger partial charge on any atom is 0.342 e. The predicted octanol–water partition coefficient (Wildman–Crippen LogP) is 4.80. The maximum absolute atomic E-state index is 13.5. The van der Waals surface area contributed by atoms with E-state index >= 15 is 0 Å². The van der Waals surface area contributed by atoms with E-state index in [1.54, 1.807) is 13.0 Å². The Hall–Kier alpha value is -2.92. The van der Waals surface area contributed by atoms with E-state index in [-0.39, 0.29) is 35.1 Å². The van der Waals surface area contributed by atoms with Crippen LogP contribution in [0.15, 0.2) is 40.8 Å². The second-order valence-corrected chi connectivity index (χ2v) is 12.7. The summed E-state index contributed by atoms with van der Waals surface area (Å²) in [6.07, 6.45) is 1.50. The molecule has 0 aliphatic heterocycles. The van der Waals surface area contributed by atoms with Crippen molar-refractivity contribution in [2.45, 2.75) is 39.5 Å². The number of hydrogen-bond acceptors (Lipinski definition) is 7. The first-order chi connectivity index (χ1) is 16.5. The number of fused-ring (bicyclic) bond motifs is 1. The van der Waals surface area contributed by atoms with E-state index in [1.165, 1.54) is 44.2 Å². The van der Waals surface area contributed by atoms with Crippen LogP contribution in [0.1, 0.15) is 55.5 Å². The highest BCUT2D eigenvalue weighted by molar-refractivity contribution is 8.10. The molecule has 8 nitrogen and oxygen atoms in total. The van der Waals surface area contributed by atoms with Crippen molar-refractivity contribution in [2.75, 3.05) is 21.8 Å². The standard InChI is InChI=1S/C24H26FNO7S2/c1-4-32-24(27)22-19-13-18(15-7-8-15)20(26(34(28,29)5-2)35(30,31)6-3)14-21(19)33-23(22)16-9-11-17(25)12-10-16/h9-15H,4-8H2,1-3H3. The molecule has 0 atom stereocenters. The van der Waals surface area contributed by atoms with Gasteiger partial charge in [0.15, 0.2) is 0 Å². The van der Waals surface area contributed by atoms with Crippen molar-refractivity contribution < 1.29 is 35.2 Å². The van der Waals surface area contributed by atoms with Gasteiger partial charge in [0.1, 0.15) is 22.7 Å². The van der Waals surface area contributed by atoms with Gasteiger partial charge in [-0.05, 0) is 75.4 Å². The molecule has 0 spiro atoms. The van der Waals surface area contributed by atoms with Crippen LogP contribution in [0.2, 0.25) is 0 Å². The van der Waals surface area contributed by atoms with Gasteiger partial charge in [0.25, 0.3) is 0 Å². The predicted molar refractivity (Wildman–Crippen MR) is 131 cm³/mol. The second-order valence-electron chi connectivity index (χ2n) is 8.21. The zero-order valence-electron chi connectivity index (χ0n) is 19.6. The smallest absolute Gasteiger partial charge is 0.342 e. The van der Waals surface area contributed by atoms with Crippen LogP contribution < -0.4 is 3.71 Å². The fraction of sp³-hybridized carbons (Fsp3) is 0.375. The Morgan fingerprint density at radius 3 is 2.14 bits per heavy atom. The molecule has 1 aliphatic carbocycles. The van der Waals surface area contributed by atoms with Crippen molar-refractivity contribution in [3.63, 3.8) is 0 Å². The zero-order chi connectivity index (χ0) is 25.5. The Kier molecular flexibility index (Phi) is 6.67. The van der Waals surface area contributed by atoms with Crippen molar-refractivity contribution in [1.82, 2.24) is 0 Å². The van der Waals surface area contributed by atoms with Gasteiger partial charge in [-0.25, -0.2) is 26.0 Å². The molecule has 0 unspecified atom stereocenters. The van der Waals surface area contributed by atoms with E-state index in [4.69, 9.17) is 9.15 Å². The van der Waals surface area contributed by atoms with Gasteiger partial charge >= 0.3 is 5.97 Å². The number of furan rings is 1. The van der Waals surface area contributed by atoms with Crippen LogP contribution in [0.25, 0.3) is 22.3 Å². The summed E-state index contributed by atoms with van der Waals surface area (Å²) in [6.45, 7) is 4.52. The summed E-state index contributed by atoms with van der Waals surface area (Å²) >= 11 is 0. The molecular weight excluding hydrogens is 497 g/mol. The van der Waals surface area contributed by atoms with Crippen molar-refractivity contribution in [2.24, 2.45) is 0 Å². The lowest BCUT2D eigenvalue weighted by Gasteiger charge is -2.25. The maximum atomic E-state index is 13.5. The third-order valence-electron chi connectivity index (χ3n) is 5.87. The van der Waals surface area contributed by atoms with Crippen LogP contribution in [0.3, 0.4) is 0 Å². The van der Waals surface area contributed by atoms with E-state index in [0.717, 1.165) is 12.8 Å². The fourth-order valence-electron chi connectivity index (χ4n) is 3.95. The van der Waals surface area contributed by atoms with Gasteiger partial charge in [0, 0.05) is 17.0 Å². The van der Waals surface area contributed by atoms with Crippen LogP contribution in [0.4, 0.5) is 10.1 Å². The van der Waals surface area contributed by atoms with Crippen LogP contribution in [0, 0.1) is 5.82 Å². The summed E-state index contributed by atoms with van der Waals surface area (Å²) < 4.78 is 77.1. The number of nitrogens with zero attached hydrogens (tertiary/aromatic N) is 1. The number of hydrogen-bond donors (Lipinski definition) is 0. The van der Waals surface area contributed by atoms with Crippen molar-refractivity contribution >= 4 is 42.7 Å². The lowest BCUT2D eigenvalue weighted by molar-refractivity contribution is 0.0528. The molecule has 1 aromatic heterocycles. The molecule has 0 bridgehead atoms. The van der Waals surface area contributed by atoms with Crippen LogP contribution in [-0.2, 0) is 24.8 Å². The average molecular weight is 524 g/mol. The van der Waals surface area contributed by atoms with E-state index in [0.29, 0.717) is 20.2 Å². The minimum absolute atomic E-state index is 0.00138. The third-order valence-corrected chi connectivity index (χ3v) is 10.1. The van der Waals surface area contributed by atoms with Gasteiger partial charge in [-0.15, -0.1) is 0 Å². The Morgan fingerprint density at radius 1 is 1.03 bits per heavy atom. The van der Waals surface area contributed by atoms with Gasteiger partial charge < -0.3 is 9.15 Å². The quantitative estimate of drug-likeness (QED) is 0.371. The van der Waals surface area contributed by atoms with Crippen LogP contribution >= 0.6 is 0 Å². The second kappa shape index (κ2) is 9.27. The zero-order valence-corrected chi connectivity index (χ0v) is 21.2. The molecule has 0 amide bonds. The Bertz CT molecular complexity index is 1450. The molecule has 1 fully saturated rings. The number of halogens is 1. The third kappa shape index (κ3) is 4.66. The molecule has 35 heavy (non-hydrogen) atoms. The van der Waals surface area contributed by atoms with Crippen LogP contribution in [0.5, 0.6) is 0 Å². The fourth-order valence-corrected chi connectivity index (χ4v) is 7.35. The molecule has 3 aromatic rings. The lowest BCUT2D eigenvalue weighted by Crippen LogP contribution is -2.39. The Labute approximate surface area is 203 Å². The van der Waals surface area contributed by atoms with Gasteiger partial charge in [0.05, 0.1) is 23.8 Å². The van der Waals surface area contributed by atoms with E-state index in [2.05, 4.69) is 0 Å². The summed E-state index contributed by atoms with van der Waals surface area (Å²) in [5.74, 6) is -1.88. The number of carbonyl (C=O) groups is 1. The Morgan fingerprint density at radius 2 is 1.63 bits per heavy atom. The molecule has 11 heteroatoms. The van der Waals surface area contributed by atoms with E-state index in [1.807, 2.05) is 0 Å². The molecular formula is C24H26FNO7S2. The number of carbonyl (C=O) groups excluding carboxylic acids is 1. The molecule has 4 rings (SSSR count). The normalized spacial score (nSPS) is 14.3. The average Bonchev–Trinajstić information content (AvgIpc) is 3.59. The highest BCUT2D eigenvalue weighted by atomic mass is 32.3. The molecule has 0 N–H and O–H groups in total. The topological polar surface area (TPSA) is 111 Å². The largest absolute Gasteiger partial charge is 0.462 e. The molecule has 1 aliphatic rings. The number of ether oxygens (including phenoxy) is 1. The summed E-state index contributed by atoms with van der Waals surface area (Å²) in [4.78, 5) is 12.9. The first-order valence-electron chi connectivity index (χ1n) is 11.3. The van der Waals surface area contributed by atoms with Crippen molar-refractivity contribution in [1.29, 1.82) is 0 Å². The molecule has 1 saturated carbocycles. The molecule has 0 radical (unpaired) electrons. The van der Waals surface area contributed by atoms with Gasteiger partial charge in [0.2, 0.25) is 20.0 Å². The highest BCUT2D eigenvalue weighted by Crippen LogP contribution is 2.48. The molecule has 188 valence electrons. The minimum atomic E-state index is -4.19. The first-order valence-corrected chi connectivity index (χ1v) is 14.5.